The molecule has 0 aliphatic rings. The summed E-state index contributed by atoms with van der Waals surface area (Å²) in [6, 6.07) is 16.6. The largest absolute Gasteiger partial charge is 0.457 e. The summed E-state index contributed by atoms with van der Waals surface area (Å²) in [6.45, 7) is 7.27. The zero-order valence-electron chi connectivity index (χ0n) is 11.8. The van der Waals surface area contributed by atoms with Crippen molar-refractivity contribution in [2.24, 2.45) is 0 Å². The minimum Gasteiger partial charge on any atom is -0.457 e. The summed E-state index contributed by atoms with van der Waals surface area (Å²) in [5.74, 6) is 1.84. The molecule has 0 aliphatic carbocycles. The molecule has 0 radical (unpaired) electrons. The molecule has 0 fully saturated rings. The van der Waals surface area contributed by atoms with Gasteiger partial charge in [-0.05, 0) is 38.1 Å². The second-order valence-electron chi connectivity index (χ2n) is 4.68. The van der Waals surface area contributed by atoms with Crippen LogP contribution in [-0.4, -0.2) is 6.54 Å². The Balaban J connectivity index is 2.28. The molecule has 2 aromatic carbocycles. The van der Waals surface area contributed by atoms with Gasteiger partial charge in [0.2, 0.25) is 0 Å². The van der Waals surface area contributed by atoms with Crippen molar-refractivity contribution in [2.75, 3.05) is 6.54 Å². The third-order valence-corrected chi connectivity index (χ3v) is 3.21. The van der Waals surface area contributed by atoms with Crippen LogP contribution in [0.15, 0.2) is 48.5 Å². The van der Waals surface area contributed by atoms with Gasteiger partial charge in [-0.1, -0.05) is 43.3 Å². The first-order valence-corrected chi connectivity index (χ1v) is 6.78. The van der Waals surface area contributed by atoms with E-state index in [-0.39, 0.29) is 6.04 Å². The van der Waals surface area contributed by atoms with Crippen molar-refractivity contribution in [2.45, 2.75) is 26.8 Å². The molecule has 1 atom stereocenters. The van der Waals surface area contributed by atoms with Crippen molar-refractivity contribution in [1.82, 2.24) is 5.32 Å². The van der Waals surface area contributed by atoms with Crippen LogP contribution in [0.5, 0.6) is 11.5 Å². The first-order valence-electron chi connectivity index (χ1n) is 6.78. The lowest BCUT2D eigenvalue weighted by atomic mass is 10.1. The molecule has 2 nitrogen and oxygen atoms in total. The van der Waals surface area contributed by atoms with Gasteiger partial charge in [0.05, 0.1) is 0 Å². The quantitative estimate of drug-likeness (QED) is 0.851. The van der Waals surface area contributed by atoms with Gasteiger partial charge < -0.3 is 10.1 Å². The van der Waals surface area contributed by atoms with E-state index in [0.29, 0.717) is 0 Å². The summed E-state index contributed by atoms with van der Waals surface area (Å²) in [5, 5.41) is 3.42. The monoisotopic (exact) mass is 255 g/mol. The van der Waals surface area contributed by atoms with E-state index in [1.54, 1.807) is 0 Å². The fourth-order valence-corrected chi connectivity index (χ4v) is 2.14. The van der Waals surface area contributed by atoms with E-state index in [1.807, 2.05) is 36.4 Å². The summed E-state index contributed by atoms with van der Waals surface area (Å²) in [6.07, 6.45) is 0. The van der Waals surface area contributed by atoms with Gasteiger partial charge in [0.25, 0.3) is 0 Å². The van der Waals surface area contributed by atoms with Crippen molar-refractivity contribution in [3.63, 3.8) is 0 Å². The highest BCUT2D eigenvalue weighted by Gasteiger charge is 2.11. The maximum atomic E-state index is 6.07. The van der Waals surface area contributed by atoms with Crippen LogP contribution in [0.2, 0.25) is 0 Å². The highest BCUT2D eigenvalue weighted by molar-refractivity contribution is 5.42. The Labute approximate surface area is 115 Å². The molecule has 2 aromatic rings. The van der Waals surface area contributed by atoms with Gasteiger partial charge in [-0.15, -0.1) is 0 Å². The molecule has 0 aromatic heterocycles. The fraction of sp³-hybridized carbons (Fsp3) is 0.294. The first-order chi connectivity index (χ1) is 9.22. The van der Waals surface area contributed by atoms with E-state index in [0.717, 1.165) is 23.6 Å². The molecule has 0 bridgehead atoms. The average Bonchev–Trinajstić information content (AvgIpc) is 2.42. The van der Waals surface area contributed by atoms with E-state index >= 15 is 0 Å². The van der Waals surface area contributed by atoms with Crippen LogP contribution in [0.3, 0.4) is 0 Å². The maximum absolute atomic E-state index is 6.07. The third-order valence-electron chi connectivity index (χ3n) is 3.21. The molecule has 2 rings (SSSR count). The molecule has 0 aliphatic heterocycles. The molecule has 2 heteroatoms. The number of rotatable bonds is 5. The standard InChI is InChI=1S/C17H21NO/c1-4-18-14(3)15-10-6-8-12-17(15)19-16-11-7-5-9-13(16)2/h5-12,14,18H,4H2,1-3H3. The van der Waals surface area contributed by atoms with Gasteiger partial charge in [0.1, 0.15) is 11.5 Å². The Hall–Kier alpha value is -1.80. The lowest BCUT2D eigenvalue weighted by Crippen LogP contribution is -2.18. The Morgan fingerprint density at radius 1 is 1.00 bits per heavy atom. The predicted molar refractivity (Wildman–Crippen MR) is 79.8 cm³/mol. The number of para-hydroxylation sites is 2. The third kappa shape index (κ3) is 3.36. The predicted octanol–water partition coefficient (Wildman–Crippen LogP) is 4.46. The summed E-state index contributed by atoms with van der Waals surface area (Å²) in [5.41, 5.74) is 2.33. The van der Waals surface area contributed by atoms with E-state index in [4.69, 9.17) is 4.74 Å². The number of hydrogen-bond acceptors (Lipinski definition) is 2. The van der Waals surface area contributed by atoms with Crippen LogP contribution in [0.4, 0.5) is 0 Å². The maximum Gasteiger partial charge on any atom is 0.132 e. The Morgan fingerprint density at radius 2 is 1.63 bits per heavy atom. The number of hydrogen-bond donors (Lipinski definition) is 1. The number of benzene rings is 2. The SMILES string of the molecule is CCNC(C)c1ccccc1Oc1ccccc1C. The summed E-state index contributed by atoms with van der Waals surface area (Å²) in [7, 11) is 0. The van der Waals surface area contributed by atoms with Gasteiger partial charge in [-0.3, -0.25) is 0 Å². The minimum absolute atomic E-state index is 0.283. The molecule has 100 valence electrons. The van der Waals surface area contributed by atoms with Crippen molar-refractivity contribution in [3.8, 4) is 11.5 Å². The zero-order valence-corrected chi connectivity index (χ0v) is 11.8. The van der Waals surface area contributed by atoms with Gasteiger partial charge in [-0.25, -0.2) is 0 Å². The summed E-state index contributed by atoms with van der Waals surface area (Å²) >= 11 is 0. The molecule has 0 amide bonds. The van der Waals surface area contributed by atoms with Gasteiger partial charge in [0, 0.05) is 11.6 Å². The second kappa shape index (κ2) is 6.39. The molecule has 1 unspecified atom stereocenters. The molecular weight excluding hydrogens is 234 g/mol. The first kappa shape index (κ1) is 13.6. The van der Waals surface area contributed by atoms with Crippen LogP contribution >= 0.6 is 0 Å². The van der Waals surface area contributed by atoms with Crippen LogP contribution in [0.25, 0.3) is 0 Å². The number of aryl methyl sites for hydroxylation is 1. The molecule has 0 spiro atoms. The van der Waals surface area contributed by atoms with E-state index in [9.17, 15) is 0 Å². The van der Waals surface area contributed by atoms with Crippen molar-refractivity contribution < 1.29 is 4.74 Å². The van der Waals surface area contributed by atoms with Crippen LogP contribution in [-0.2, 0) is 0 Å². The highest BCUT2D eigenvalue weighted by Crippen LogP contribution is 2.30. The topological polar surface area (TPSA) is 21.3 Å². The van der Waals surface area contributed by atoms with E-state index in [1.165, 1.54) is 5.56 Å². The Kier molecular flexibility index (Phi) is 4.58. The molecule has 1 N–H and O–H groups in total. The smallest absolute Gasteiger partial charge is 0.132 e. The highest BCUT2D eigenvalue weighted by atomic mass is 16.5. The minimum atomic E-state index is 0.283. The Morgan fingerprint density at radius 3 is 2.32 bits per heavy atom. The normalized spacial score (nSPS) is 12.2. The lowest BCUT2D eigenvalue weighted by Gasteiger charge is -2.18. The fourth-order valence-electron chi connectivity index (χ4n) is 2.14. The molecule has 0 saturated heterocycles. The van der Waals surface area contributed by atoms with Gasteiger partial charge in [-0.2, -0.15) is 0 Å². The van der Waals surface area contributed by atoms with Crippen molar-refractivity contribution >= 4 is 0 Å². The second-order valence-corrected chi connectivity index (χ2v) is 4.68. The summed E-state index contributed by atoms with van der Waals surface area (Å²) < 4.78 is 6.07. The van der Waals surface area contributed by atoms with Crippen molar-refractivity contribution in [3.05, 3.63) is 59.7 Å². The molecule has 19 heavy (non-hydrogen) atoms. The average molecular weight is 255 g/mol. The number of nitrogens with one attached hydrogen (secondary N) is 1. The van der Waals surface area contributed by atoms with Crippen LogP contribution in [0, 0.1) is 6.92 Å². The van der Waals surface area contributed by atoms with Crippen LogP contribution in [0.1, 0.15) is 31.0 Å². The number of ether oxygens (including phenoxy) is 1. The summed E-state index contributed by atoms with van der Waals surface area (Å²) in [4.78, 5) is 0. The lowest BCUT2D eigenvalue weighted by molar-refractivity contribution is 0.460. The molecular formula is C17H21NO. The van der Waals surface area contributed by atoms with E-state index in [2.05, 4.69) is 38.2 Å². The Bertz CT molecular complexity index is 536. The molecule has 0 saturated carbocycles. The van der Waals surface area contributed by atoms with Gasteiger partial charge >= 0.3 is 0 Å². The van der Waals surface area contributed by atoms with Crippen molar-refractivity contribution in [1.29, 1.82) is 0 Å². The van der Waals surface area contributed by atoms with Gasteiger partial charge in [0.15, 0.2) is 0 Å². The zero-order chi connectivity index (χ0) is 13.7. The van der Waals surface area contributed by atoms with E-state index < -0.39 is 0 Å². The van der Waals surface area contributed by atoms with Crippen LogP contribution < -0.4 is 10.1 Å². The molecule has 0 heterocycles.